The van der Waals surface area contributed by atoms with Crippen molar-refractivity contribution in [3.63, 3.8) is 0 Å². The Kier molecular flexibility index (Phi) is 3.42. The molecule has 0 saturated carbocycles. The normalized spacial score (nSPS) is 13.2. The number of rotatable bonds is 3. The lowest BCUT2D eigenvalue weighted by atomic mass is 10.1. The summed E-state index contributed by atoms with van der Waals surface area (Å²) in [6, 6.07) is 15.5. The number of fused-ring (bicyclic) bond motifs is 1. The van der Waals surface area contributed by atoms with E-state index >= 15 is 0 Å². The quantitative estimate of drug-likeness (QED) is 0.854. The van der Waals surface area contributed by atoms with Crippen LogP contribution >= 0.6 is 0 Å². The summed E-state index contributed by atoms with van der Waals surface area (Å²) in [6.45, 7) is 3.28. The van der Waals surface area contributed by atoms with Crippen molar-refractivity contribution in [2.24, 2.45) is 0 Å². The number of benzene rings is 2. The molecule has 1 heterocycles. The van der Waals surface area contributed by atoms with Gasteiger partial charge in [0.2, 0.25) is 0 Å². The Balaban J connectivity index is 1.89. The number of carbonyl (C=O) groups is 1. The maximum Gasteiger partial charge on any atom is 0.258 e. The number of ether oxygens (including phenoxy) is 1. The van der Waals surface area contributed by atoms with Crippen molar-refractivity contribution < 1.29 is 9.53 Å². The minimum absolute atomic E-state index is 0.0384. The first-order valence-electron chi connectivity index (χ1n) is 6.92. The molecule has 1 amide bonds. The maximum absolute atomic E-state index is 12.6. The summed E-state index contributed by atoms with van der Waals surface area (Å²) >= 11 is 0. The Morgan fingerprint density at radius 2 is 2.05 bits per heavy atom. The molecule has 1 aliphatic heterocycles. The molecule has 0 N–H and O–H groups in total. The average Bonchev–Trinajstić information content (AvgIpc) is 2.91. The highest BCUT2D eigenvalue weighted by atomic mass is 16.5. The van der Waals surface area contributed by atoms with Crippen molar-refractivity contribution in [1.29, 1.82) is 0 Å². The second-order valence-electron chi connectivity index (χ2n) is 4.80. The second-order valence-corrected chi connectivity index (χ2v) is 4.80. The summed E-state index contributed by atoms with van der Waals surface area (Å²) in [4.78, 5) is 14.5. The molecule has 3 rings (SSSR count). The molecule has 0 saturated heterocycles. The fraction of sp³-hybridized carbons (Fsp3) is 0.235. The van der Waals surface area contributed by atoms with E-state index in [1.807, 2.05) is 54.3 Å². The average molecular weight is 267 g/mol. The monoisotopic (exact) mass is 267 g/mol. The number of anilines is 1. The molecule has 0 spiro atoms. The minimum atomic E-state index is 0.0384. The Morgan fingerprint density at radius 1 is 1.20 bits per heavy atom. The van der Waals surface area contributed by atoms with Crippen LogP contribution in [0.3, 0.4) is 0 Å². The van der Waals surface area contributed by atoms with Crippen molar-refractivity contribution in [2.75, 3.05) is 18.1 Å². The first kappa shape index (κ1) is 12.7. The maximum atomic E-state index is 12.6. The third kappa shape index (κ3) is 2.27. The lowest BCUT2D eigenvalue weighted by Crippen LogP contribution is -2.28. The summed E-state index contributed by atoms with van der Waals surface area (Å²) < 4.78 is 5.46. The fourth-order valence-corrected chi connectivity index (χ4v) is 2.59. The second kappa shape index (κ2) is 5.37. The summed E-state index contributed by atoms with van der Waals surface area (Å²) in [7, 11) is 0. The highest BCUT2D eigenvalue weighted by Gasteiger charge is 2.25. The summed E-state index contributed by atoms with van der Waals surface area (Å²) in [5, 5.41) is 0. The molecule has 3 nitrogen and oxygen atoms in total. The summed E-state index contributed by atoms with van der Waals surface area (Å²) in [5.74, 6) is 0.780. The van der Waals surface area contributed by atoms with Crippen LogP contribution in [0.4, 0.5) is 5.69 Å². The third-order valence-corrected chi connectivity index (χ3v) is 3.52. The van der Waals surface area contributed by atoms with Crippen LogP contribution in [0.5, 0.6) is 5.75 Å². The van der Waals surface area contributed by atoms with Crippen LogP contribution in [0.15, 0.2) is 48.5 Å². The summed E-state index contributed by atoms with van der Waals surface area (Å²) in [6.07, 6.45) is 0.924. The van der Waals surface area contributed by atoms with Crippen molar-refractivity contribution in [1.82, 2.24) is 0 Å². The molecular weight excluding hydrogens is 250 g/mol. The van der Waals surface area contributed by atoms with Crippen molar-refractivity contribution in [3.8, 4) is 5.75 Å². The molecule has 0 radical (unpaired) electrons. The van der Waals surface area contributed by atoms with Gasteiger partial charge < -0.3 is 9.64 Å². The zero-order valence-electron chi connectivity index (χ0n) is 11.5. The smallest absolute Gasteiger partial charge is 0.258 e. The predicted octanol–water partition coefficient (Wildman–Crippen LogP) is 3.29. The Labute approximate surface area is 118 Å². The van der Waals surface area contributed by atoms with Gasteiger partial charge in [-0.05, 0) is 43.2 Å². The number of para-hydroxylation sites is 1. The molecule has 0 aromatic heterocycles. The SMILES string of the molecule is CCOc1cccc(C(=O)N2CCc3ccccc32)c1. The Hall–Kier alpha value is -2.29. The lowest BCUT2D eigenvalue weighted by Gasteiger charge is -2.17. The van der Waals surface area contributed by atoms with Gasteiger partial charge in [-0.15, -0.1) is 0 Å². The molecule has 102 valence electrons. The molecule has 20 heavy (non-hydrogen) atoms. The lowest BCUT2D eigenvalue weighted by molar-refractivity contribution is 0.0989. The van der Waals surface area contributed by atoms with Gasteiger partial charge in [-0.1, -0.05) is 24.3 Å². The van der Waals surface area contributed by atoms with Crippen molar-refractivity contribution >= 4 is 11.6 Å². The van der Waals surface area contributed by atoms with Gasteiger partial charge in [0.05, 0.1) is 6.61 Å². The summed E-state index contributed by atoms with van der Waals surface area (Å²) in [5.41, 5.74) is 2.94. The van der Waals surface area contributed by atoms with Crippen LogP contribution in [-0.2, 0) is 6.42 Å². The van der Waals surface area contributed by atoms with Crippen molar-refractivity contribution in [3.05, 3.63) is 59.7 Å². The van der Waals surface area contributed by atoms with E-state index in [1.165, 1.54) is 5.56 Å². The molecule has 1 aliphatic rings. The molecule has 2 aromatic rings. The molecule has 0 aliphatic carbocycles. The van der Waals surface area contributed by atoms with Crippen LogP contribution in [-0.4, -0.2) is 19.1 Å². The topological polar surface area (TPSA) is 29.5 Å². The van der Waals surface area contributed by atoms with E-state index < -0.39 is 0 Å². The zero-order chi connectivity index (χ0) is 13.9. The van der Waals surface area contributed by atoms with Gasteiger partial charge in [-0.3, -0.25) is 4.79 Å². The molecular formula is C17H17NO2. The zero-order valence-corrected chi connectivity index (χ0v) is 11.5. The first-order valence-corrected chi connectivity index (χ1v) is 6.92. The predicted molar refractivity (Wildman–Crippen MR) is 79.4 cm³/mol. The molecule has 0 atom stereocenters. The molecule has 2 aromatic carbocycles. The van der Waals surface area contributed by atoms with Gasteiger partial charge in [0.25, 0.3) is 5.91 Å². The Morgan fingerprint density at radius 3 is 2.90 bits per heavy atom. The van der Waals surface area contributed by atoms with Crippen LogP contribution in [0.1, 0.15) is 22.8 Å². The molecule has 0 bridgehead atoms. The van der Waals surface area contributed by atoms with E-state index in [9.17, 15) is 4.79 Å². The van der Waals surface area contributed by atoms with Gasteiger partial charge in [0.1, 0.15) is 5.75 Å². The van der Waals surface area contributed by atoms with E-state index in [1.54, 1.807) is 0 Å². The highest BCUT2D eigenvalue weighted by Crippen LogP contribution is 2.29. The molecule has 3 heteroatoms. The van der Waals surface area contributed by atoms with E-state index in [4.69, 9.17) is 4.74 Å². The molecule has 0 fully saturated rings. The van der Waals surface area contributed by atoms with E-state index in [-0.39, 0.29) is 5.91 Å². The first-order chi connectivity index (χ1) is 9.79. The standard InChI is InChI=1S/C17H17NO2/c1-2-20-15-8-5-7-14(12-15)17(19)18-11-10-13-6-3-4-9-16(13)18/h3-9,12H,2,10-11H2,1H3. The van der Waals surface area contributed by atoms with Gasteiger partial charge in [0, 0.05) is 17.8 Å². The van der Waals surface area contributed by atoms with E-state index in [0.717, 1.165) is 24.4 Å². The number of nitrogens with zero attached hydrogens (tertiary/aromatic N) is 1. The number of amides is 1. The number of carbonyl (C=O) groups excluding carboxylic acids is 1. The largest absolute Gasteiger partial charge is 0.494 e. The minimum Gasteiger partial charge on any atom is -0.494 e. The fourth-order valence-electron chi connectivity index (χ4n) is 2.59. The van der Waals surface area contributed by atoms with E-state index in [0.29, 0.717) is 12.2 Å². The van der Waals surface area contributed by atoms with Gasteiger partial charge in [0.15, 0.2) is 0 Å². The van der Waals surface area contributed by atoms with Crippen LogP contribution in [0, 0.1) is 0 Å². The van der Waals surface area contributed by atoms with Crippen LogP contribution < -0.4 is 9.64 Å². The van der Waals surface area contributed by atoms with Crippen molar-refractivity contribution in [2.45, 2.75) is 13.3 Å². The number of hydrogen-bond donors (Lipinski definition) is 0. The van der Waals surface area contributed by atoms with Gasteiger partial charge in [-0.2, -0.15) is 0 Å². The van der Waals surface area contributed by atoms with Crippen LogP contribution in [0.25, 0.3) is 0 Å². The molecule has 0 unspecified atom stereocenters. The van der Waals surface area contributed by atoms with Gasteiger partial charge >= 0.3 is 0 Å². The third-order valence-electron chi connectivity index (χ3n) is 3.52. The van der Waals surface area contributed by atoms with E-state index in [2.05, 4.69) is 6.07 Å². The Bertz CT molecular complexity index is 636. The van der Waals surface area contributed by atoms with Crippen LogP contribution in [0.2, 0.25) is 0 Å². The number of hydrogen-bond acceptors (Lipinski definition) is 2. The highest BCUT2D eigenvalue weighted by molar-refractivity contribution is 6.07. The van der Waals surface area contributed by atoms with Gasteiger partial charge in [-0.25, -0.2) is 0 Å².